The number of carbonyl (C=O) groups is 1. The third kappa shape index (κ3) is 3.25. The van der Waals surface area contributed by atoms with Crippen LogP contribution in [0.3, 0.4) is 0 Å². The summed E-state index contributed by atoms with van der Waals surface area (Å²) in [6.07, 6.45) is 4.66. The third-order valence-corrected chi connectivity index (χ3v) is 4.49. The van der Waals surface area contributed by atoms with E-state index in [2.05, 4.69) is 31.2 Å². The number of fused-ring (bicyclic) bond motifs is 1. The van der Waals surface area contributed by atoms with Gasteiger partial charge >= 0.3 is 0 Å². The van der Waals surface area contributed by atoms with E-state index in [-0.39, 0.29) is 12.5 Å². The second-order valence-corrected chi connectivity index (χ2v) is 6.62. The SMILES string of the molecule is O=C(Cn1c(C2=CCC=N2)nc2ccccc21)Nc1ccc(Br)cc1. The van der Waals surface area contributed by atoms with Crippen molar-refractivity contribution in [2.45, 2.75) is 13.0 Å². The van der Waals surface area contributed by atoms with Crippen LogP contribution in [0.25, 0.3) is 16.7 Å². The van der Waals surface area contributed by atoms with Crippen LogP contribution in [-0.2, 0) is 11.3 Å². The van der Waals surface area contributed by atoms with Crippen LogP contribution in [0.2, 0.25) is 0 Å². The first-order valence-electron chi connectivity index (χ1n) is 7.94. The van der Waals surface area contributed by atoms with Gasteiger partial charge in [0.2, 0.25) is 5.91 Å². The molecule has 1 aliphatic rings. The maximum absolute atomic E-state index is 12.5. The summed E-state index contributed by atoms with van der Waals surface area (Å²) in [5, 5.41) is 2.92. The third-order valence-electron chi connectivity index (χ3n) is 3.96. The lowest BCUT2D eigenvalue weighted by Gasteiger charge is -2.10. The van der Waals surface area contributed by atoms with E-state index in [1.807, 2.05) is 65.4 Å². The number of carbonyl (C=O) groups excluding carboxylic acids is 1. The molecule has 25 heavy (non-hydrogen) atoms. The lowest BCUT2D eigenvalue weighted by molar-refractivity contribution is -0.116. The number of imidazole rings is 1. The van der Waals surface area contributed by atoms with Crippen LogP contribution in [0.5, 0.6) is 0 Å². The molecule has 0 atom stereocenters. The van der Waals surface area contributed by atoms with Crippen molar-refractivity contribution < 1.29 is 4.79 Å². The molecule has 2 heterocycles. The fraction of sp³-hybridized carbons (Fsp3) is 0.105. The first-order valence-corrected chi connectivity index (χ1v) is 8.74. The van der Waals surface area contributed by atoms with E-state index in [0.717, 1.165) is 39.1 Å². The minimum Gasteiger partial charge on any atom is -0.325 e. The molecule has 4 rings (SSSR count). The average Bonchev–Trinajstić information content (AvgIpc) is 3.25. The second-order valence-electron chi connectivity index (χ2n) is 5.70. The number of para-hydroxylation sites is 2. The number of hydrogen-bond acceptors (Lipinski definition) is 3. The topological polar surface area (TPSA) is 59.3 Å². The Morgan fingerprint density at radius 2 is 1.96 bits per heavy atom. The summed E-state index contributed by atoms with van der Waals surface area (Å²) in [5.74, 6) is 0.621. The van der Waals surface area contributed by atoms with E-state index in [1.54, 1.807) is 0 Å². The molecule has 1 N–H and O–H groups in total. The van der Waals surface area contributed by atoms with Crippen LogP contribution in [0.4, 0.5) is 5.69 Å². The monoisotopic (exact) mass is 394 g/mol. The number of rotatable bonds is 4. The summed E-state index contributed by atoms with van der Waals surface area (Å²) in [5.41, 5.74) is 3.35. The van der Waals surface area contributed by atoms with E-state index in [1.165, 1.54) is 0 Å². The van der Waals surface area contributed by atoms with Crippen molar-refractivity contribution in [1.82, 2.24) is 9.55 Å². The van der Waals surface area contributed by atoms with Crippen molar-refractivity contribution in [3.63, 3.8) is 0 Å². The molecule has 1 aliphatic heterocycles. The minimum atomic E-state index is -0.102. The lowest BCUT2D eigenvalue weighted by atomic mass is 10.3. The molecule has 124 valence electrons. The van der Waals surface area contributed by atoms with Crippen molar-refractivity contribution >= 4 is 50.5 Å². The van der Waals surface area contributed by atoms with Crippen LogP contribution in [-0.4, -0.2) is 21.7 Å². The van der Waals surface area contributed by atoms with Gasteiger partial charge < -0.3 is 9.88 Å². The fourth-order valence-electron chi connectivity index (χ4n) is 2.83. The summed E-state index contributed by atoms with van der Waals surface area (Å²) in [6.45, 7) is 0.179. The Hall–Kier alpha value is -2.73. The van der Waals surface area contributed by atoms with Gasteiger partial charge in [0.25, 0.3) is 0 Å². The van der Waals surface area contributed by atoms with E-state index >= 15 is 0 Å². The molecule has 0 radical (unpaired) electrons. The highest BCUT2D eigenvalue weighted by atomic mass is 79.9. The Labute approximate surface area is 153 Å². The zero-order valence-corrected chi connectivity index (χ0v) is 14.9. The van der Waals surface area contributed by atoms with Gasteiger partial charge in [-0.2, -0.15) is 0 Å². The number of halogens is 1. The molecule has 0 spiro atoms. The van der Waals surface area contributed by atoms with Gasteiger partial charge in [-0.05, 0) is 42.5 Å². The van der Waals surface area contributed by atoms with Gasteiger partial charge in [0.15, 0.2) is 5.82 Å². The average molecular weight is 395 g/mol. The van der Waals surface area contributed by atoms with Crippen molar-refractivity contribution in [3.05, 3.63) is 64.9 Å². The number of nitrogens with zero attached hydrogens (tertiary/aromatic N) is 3. The van der Waals surface area contributed by atoms with E-state index in [9.17, 15) is 4.79 Å². The molecule has 6 heteroatoms. The summed E-state index contributed by atoms with van der Waals surface area (Å²) >= 11 is 3.39. The Balaban J connectivity index is 1.65. The summed E-state index contributed by atoms with van der Waals surface area (Å²) in [7, 11) is 0. The molecule has 0 saturated heterocycles. The number of nitrogens with one attached hydrogen (secondary N) is 1. The molecule has 0 fully saturated rings. The number of benzene rings is 2. The summed E-state index contributed by atoms with van der Waals surface area (Å²) in [6, 6.07) is 15.3. The smallest absolute Gasteiger partial charge is 0.244 e. The maximum atomic E-state index is 12.5. The lowest BCUT2D eigenvalue weighted by Crippen LogP contribution is -2.19. The standard InChI is InChI=1S/C19H15BrN4O/c20-13-7-9-14(10-8-13)22-18(25)12-24-17-6-2-1-4-15(17)23-19(24)16-5-3-11-21-16/h1-2,4-11H,3,12H2,(H,22,25). The molecule has 5 nitrogen and oxygen atoms in total. The van der Waals surface area contributed by atoms with Gasteiger partial charge in [0.05, 0.1) is 11.0 Å². The fourth-order valence-corrected chi connectivity index (χ4v) is 3.09. The predicted molar refractivity (Wildman–Crippen MR) is 104 cm³/mol. The predicted octanol–water partition coefficient (Wildman–Crippen LogP) is 4.25. The number of allylic oxidation sites excluding steroid dienone is 1. The van der Waals surface area contributed by atoms with E-state index in [0.29, 0.717) is 0 Å². The highest BCUT2D eigenvalue weighted by Gasteiger charge is 2.17. The van der Waals surface area contributed by atoms with Crippen molar-refractivity contribution in [2.75, 3.05) is 5.32 Å². The maximum Gasteiger partial charge on any atom is 0.244 e. The molecule has 0 unspecified atom stereocenters. The number of hydrogen-bond donors (Lipinski definition) is 1. The molecule has 1 aromatic heterocycles. The zero-order valence-electron chi connectivity index (χ0n) is 13.3. The summed E-state index contributed by atoms with van der Waals surface area (Å²) in [4.78, 5) is 21.6. The van der Waals surface area contributed by atoms with Gasteiger partial charge in [-0.3, -0.25) is 9.79 Å². The molecule has 2 aromatic carbocycles. The highest BCUT2D eigenvalue weighted by molar-refractivity contribution is 9.10. The van der Waals surface area contributed by atoms with Crippen molar-refractivity contribution in [3.8, 4) is 0 Å². The zero-order chi connectivity index (χ0) is 17.2. The number of aromatic nitrogens is 2. The van der Waals surface area contributed by atoms with Gasteiger partial charge in [0.1, 0.15) is 12.2 Å². The van der Waals surface area contributed by atoms with Gasteiger partial charge in [0, 0.05) is 22.8 Å². The first-order chi connectivity index (χ1) is 12.2. The van der Waals surface area contributed by atoms with Crippen LogP contribution < -0.4 is 5.32 Å². The summed E-state index contributed by atoms with van der Waals surface area (Å²) < 4.78 is 2.89. The van der Waals surface area contributed by atoms with Gasteiger partial charge in [-0.1, -0.05) is 28.1 Å². The minimum absolute atomic E-state index is 0.102. The highest BCUT2D eigenvalue weighted by Crippen LogP contribution is 2.25. The van der Waals surface area contributed by atoms with Crippen LogP contribution in [0.1, 0.15) is 12.2 Å². The van der Waals surface area contributed by atoms with E-state index < -0.39 is 0 Å². The second kappa shape index (κ2) is 6.64. The molecular weight excluding hydrogens is 380 g/mol. The molecule has 0 saturated carbocycles. The van der Waals surface area contributed by atoms with Crippen molar-refractivity contribution in [1.29, 1.82) is 0 Å². The Bertz CT molecular complexity index is 1000. The van der Waals surface area contributed by atoms with Crippen LogP contribution in [0.15, 0.2) is 64.1 Å². The van der Waals surface area contributed by atoms with E-state index in [4.69, 9.17) is 0 Å². The largest absolute Gasteiger partial charge is 0.325 e. The molecule has 0 bridgehead atoms. The Kier molecular flexibility index (Phi) is 4.19. The van der Waals surface area contributed by atoms with Crippen LogP contribution in [0, 0.1) is 0 Å². The molecule has 1 amide bonds. The quantitative estimate of drug-likeness (QED) is 0.718. The van der Waals surface area contributed by atoms with Crippen LogP contribution >= 0.6 is 15.9 Å². The molecule has 3 aromatic rings. The number of anilines is 1. The number of aliphatic imine (C=N–C) groups is 1. The Morgan fingerprint density at radius 1 is 1.16 bits per heavy atom. The Morgan fingerprint density at radius 3 is 2.72 bits per heavy atom. The molecule has 0 aliphatic carbocycles. The van der Waals surface area contributed by atoms with Gasteiger partial charge in [-0.25, -0.2) is 4.98 Å². The normalized spacial score (nSPS) is 13.2. The van der Waals surface area contributed by atoms with Crippen molar-refractivity contribution in [2.24, 2.45) is 4.99 Å². The van der Waals surface area contributed by atoms with Gasteiger partial charge in [-0.15, -0.1) is 0 Å². The number of amides is 1. The first kappa shape index (κ1) is 15.8. The molecular formula is C19H15BrN4O.